The molecule has 0 saturated heterocycles. The van der Waals surface area contributed by atoms with Crippen LogP contribution in [0.3, 0.4) is 0 Å². The minimum atomic E-state index is 0.468. The average Bonchev–Trinajstić information content (AvgIpc) is 2.46. The van der Waals surface area contributed by atoms with E-state index in [1.54, 1.807) is 0 Å². The lowest BCUT2D eigenvalue weighted by atomic mass is 9.91. The van der Waals surface area contributed by atoms with E-state index < -0.39 is 0 Å². The zero-order valence-corrected chi connectivity index (χ0v) is 13.0. The van der Waals surface area contributed by atoms with E-state index in [-0.39, 0.29) is 0 Å². The average molecular weight is 289 g/mol. The molecule has 1 fully saturated rings. The van der Waals surface area contributed by atoms with Crippen molar-refractivity contribution in [2.24, 2.45) is 5.92 Å². The smallest absolute Gasteiger partial charge is 0.119 e. The number of hydrogen-bond donors (Lipinski definition) is 0. The Balaban J connectivity index is 1.64. The summed E-state index contributed by atoms with van der Waals surface area (Å²) in [6.07, 6.45) is 6.00. The highest BCUT2D eigenvalue weighted by molar-refractivity contribution is 7.99. The molecule has 1 aromatic carbocycles. The van der Waals surface area contributed by atoms with Gasteiger partial charge in [-0.05, 0) is 36.5 Å². The van der Waals surface area contributed by atoms with Crippen LogP contribution in [0.25, 0.3) is 0 Å². The van der Waals surface area contributed by atoms with Crippen LogP contribution in [-0.2, 0) is 6.42 Å². The molecule has 0 bridgehead atoms. The zero-order valence-electron chi connectivity index (χ0n) is 12.2. The zero-order chi connectivity index (χ0) is 14.2. The Hall–Kier alpha value is -1.14. The van der Waals surface area contributed by atoms with Crippen LogP contribution in [0, 0.1) is 17.2 Å². The van der Waals surface area contributed by atoms with Crippen molar-refractivity contribution in [2.45, 2.75) is 44.3 Å². The number of rotatable bonds is 6. The van der Waals surface area contributed by atoms with Gasteiger partial charge in [-0.2, -0.15) is 17.0 Å². The summed E-state index contributed by atoms with van der Waals surface area (Å²) in [6, 6.07) is 10.0. The van der Waals surface area contributed by atoms with Gasteiger partial charge in [-0.3, -0.25) is 0 Å². The van der Waals surface area contributed by atoms with Gasteiger partial charge in [0, 0.05) is 11.0 Å². The van der Waals surface area contributed by atoms with Crippen LogP contribution in [0.5, 0.6) is 5.75 Å². The quantitative estimate of drug-likeness (QED) is 0.726. The molecule has 1 aromatic rings. The number of nitriles is 1. The molecule has 2 nitrogen and oxygen atoms in total. The highest BCUT2D eigenvalue weighted by Crippen LogP contribution is 2.31. The summed E-state index contributed by atoms with van der Waals surface area (Å²) in [5, 5.41) is 9.45. The van der Waals surface area contributed by atoms with Gasteiger partial charge in [-0.15, -0.1) is 0 Å². The van der Waals surface area contributed by atoms with E-state index >= 15 is 0 Å². The number of nitrogens with zero attached hydrogens (tertiary/aromatic N) is 1. The van der Waals surface area contributed by atoms with Crippen molar-refractivity contribution in [1.29, 1.82) is 5.26 Å². The van der Waals surface area contributed by atoms with Gasteiger partial charge in [-0.25, -0.2) is 0 Å². The van der Waals surface area contributed by atoms with Crippen LogP contribution < -0.4 is 4.74 Å². The third-order valence-electron chi connectivity index (χ3n) is 3.80. The van der Waals surface area contributed by atoms with Crippen molar-refractivity contribution in [2.75, 3.05) is 12.4 Å². The Kier molecular flexibility index (Phi) is 6.26. The maximum Gasteiger partial charge on any atom is 0.119 e. The summed E-state index contributed by atoms with van der Waals surface area (Å²) in [4.78, 5) is 0. The van der Waals surface area contributed by atoms with Gasteiger partial charge < -0.3 is 4.74 Å². The highest BCUT2D eigenvalue weighted by Gasteiger charge is 2.18. The van der Waals surface area contributed by atoms with Crippen LogP contribution in [0.1, 0.15) is 38.2 Å². The maximum absolute atomic E-state index is 8.62. The topological polar surface area (TPSA) is 33.0 Å². The molecule has 0 heterocycles. The Morgan fingerprint density at radius 1 is 1.30 bits per heavy atom. The fourth-order valence-electron chi connectivity index (χ4n) is 2.70. The van der Waals surface area contributed by atoms with E-state index in [4.69, 9.17) is 10.00 Å². The van der Waals surface area contributed by atoms with Gasteiger partial charge >= 0.3 is 0 Å². The molecule has 108 valence electrons. The van der Waals surface area contributed by atoms with E-state index in [1.165, 1.54) is 25.7 Å². The number of benzene rings is 1. The molecule has 2 atom stereocenters. The largest absolute Gasteiger partial charge is 0.493 e. The van der Waals surface area contributed by atoms with Gasteiger partial charge in [0.05, 0.1) is 19.1 Å². The summed E-state index contributed by atoms with van der Waals surface area (Å²) >= 11 is 2.06. The second-order valence-corrected chi connectivity index (χ2v) is 7.00. The fourth-order valence-corrected chi connectivity index (χ4v) is 4.01. The van der Waals surface area contributed by atoms with E-state index in [0.717, 1.165) is 34.8 Å². The SMILES string of the molecule is CC1CCCC(SCCOc2ccc(CC#N)cc2)C1. The second-order valence-electron chi connectivity index (χ2n) is 5.59. The fraction of sp³-hybridized carbons (Fsp3) is 0.588. The minimum absolute atomic E-state index is 0.468. The summed E-state index contributed by atoms with van der Waals surface area (Å²) < 4.78 is 5.75. The lowest BCUT2D eigenvalue weighted by Crippen LogP contribution is -2.16. The van der Waals surface area contributed by atoms with Crippen LogP contribution in [0.4, 0.5) is 0 Å². The first kappa shape index (κ1) is 15.3. The highest BCUT2D eigenvalue weighted by atomic mass is 32.2. The number of thioether (sulfide) groups is 1. The molecule has 1 aliphatic carbocycles. The van der Waals surface area contributed by atoms with Gasteiger partial charge in [0.2, 0.25) is 0 Å². The molecular weight excluding hydrogens is 266 g/mol. The Labute approximate surface area is 126 Å². The molecule has 2 unspecified atom stereocenters. The Morgan fingerprint density at radius 2 is 2.10 bits per heavy atom. The standard InChI is InChI=1S/C17H23NOS/c1-14-3-2-4-17(13-14)20-12-11-19-16-7-5-15(6-8-16)9-10-18/h5-8,14,17H,2-4,9,11-13H2,1H3. The first-order valence-electron chi connectivity index (χ1n) is 7.48. The molecule has 1 aliphatic rings. The molecular formula is C17H23NOS. The number of hydrogen-bond acceptors (Lipinski definition) is 3. The number of ether oxygens (including phenoxy) is 1. The normalized spacial score (nSPS) is 22.2. The predicted octanol–water partition coefficient (Wildman–Crippen LogP) is 4.44. The second kappa shape index (κ2) is 8.21. The molecule has 0 aromatic heterocycles. The van der Waals surface area contributed by atoms with Crippen molar-refractivity contribution < 1.29 is 4.74 Å². The first-order chi connectivity index (χ1) is 9.78. The molecule has 0 spiro atoms. The van der Waals surface area contributed by atoms with Crippen molar-refractivity contribution in [1.82, 2.24) is 0 Å². The summed E-state index contributed by atoms with van der Waals surface area (Å²) in [5.41, 5.74) is 1.05. The molecule has 0 aliphatic heterocycles. The lowest BCUT2D eigenvalue weighted by Gasteiger charge is -2.26. The Bertz CT molecular complexity index is 437. The molecule has 20 heavy (non-hydrogen) atoms. The van der Waals surface area contributed by atoms with Crippen LogP contribution in [0.2, 0.25) is 0 Å². The van der Waals surface area contributed by atoms with Crippen LogP contribution in [0.15, 0.2) is 24.3 Å². The van der Waals surface area contributed by atoms with E-state index in [0.29, 0.717) is 6.42 Å². The molecule has 2 rings (SSSR count). The Morgan fingerprint density at radius 3 is 2.80 bits per heavy atom. The van der Waals surface area contributed by atoms with Gasteiger partial charge in [0.15, 0.2) is 0 Å². The van der Waals surface area contributed by atoms with Gasteiger partial charge in [0.25, 0.3) is 0 Å². The third kappa shape index (κ3) is 5.09. The van der Waals surface area contributed by atoms with Crippen LogP contribution in [-0.4, -0.2) is 17.6 Å². The van der Waals surface area contributed by atoms with Crippen molar-refractivity contribution in [3.05, 3.63) is 29.8 Å². The summed E-state index contributed by atoms with van der Waals surface area (Å²) in [6.45, 7) is 3.14. The molecule has 1 saturated carbocycles. The van der Waals surface area contributed by atoms with E-state index in [9.17, 15) is 0 Å². The van der Waals surface area contributed by atoms with Crippen LogP contribution >= 0.6 is 11.8 Å². The first-order valence-corrected chi connectivity index (χ1v) is 8.53. The van der Waals surface area contributed by atoms with Crippen molar-refractivity contribution in [3.63, 3.8) is 0 Å². The van der Waals surface area contributed by atoms with E-state index in [2.05, 4.69) is 24.8 Å². The van der Waals surface area contributed by atoms with E-state index in [1.807, 2.05) is 24.3 Å². The molecule has 3 heteroatoms. The van der Waals surface area contributed by atoms with Crippen molar-refractivity contribution in [3.8, 4) is 11.8 Å². The third-order valence-corrected chi connectivity index (χ3v) is 5.10. The summed E-state index contributed by atoms with van der Waals surface area (Å²) in [5.74, 6) is 2.87. The monoisotopic (exact) mass is 289 g/mol. The lowest BCUT2D eigenvalue weighted by molar-refractivity contribution is 0.342. The van der Waals surface area contributed by atoms with Gasteiger partial charge in [-0.1, -0.05) is 31.9 Å². The molecule has 0 radical (unpaired) electrons. The maximum atomic E-state index is 8.62. The van der Waals surface area contributed by atoms with Gasteiger partial charge in [0.1, 0.15) is 5.75 Å². The van der Waals surface area contributed by atoms with Crippen molar-refractivity contribution >= 4 is 11.8 Å². The molecule has 0 amide bonds. The molecule has 0 N–H and O–H groups in total. The predicted molar refractivity (Wildman–Crippen MR) is 85.1 cm³/mol. The summed E-state index contributed by atoms with van der Waals surface area (Å²) in [7, 11) is 0. The minimum Gasteiger partial charge on any atom is -0.493 e.